The van der Waals surface area contributed by atoms with Crippen molar-refractivity contribution in [2.24, 2.45) is 10.4 Å². The van der Waals surface area contributed by atoms with Crippen molar-refractivity contribution in [1.82, 2.24) is 5.32 Å². The lowest BCUT2D eigenvalue weighted by Crippen LogP contribution is -2.40. The third-order valence-corrected chi connectivity index (χ3v) is 2.56. The smallest absolute Gasteiger partial charge is 0.0965 e. The molecule has 1 unspecified atom stereocenters. The van der Waals surface area contributed by atoms with Gasteiger partial charge in [-0.05, 0) is 18.8 Å². The predicted molar refractivity (Wildman–Crippen MR) is 53.6 cm³/mol. The lowest BCUT2D eigenvalue weighted by atomic mass is 9.88. The number of nitrogens with zero attached hydrogens (tertiary/aromatic N) is 1. The molecule has 1 N–H and O–H groups in total. The normalized spacial score (nSPS) is 20.5. The van der Waals surface area contributed by atoms with E-state index in [1.54, 1.807) is 0 Å². The predicted octanol–water partition coefficient (Wildman–Crippen LogP) is 2.20. The van der Waals surface area contributed by atoms with Crippen LogP contribution in [0.1, 0.15) is 40.5 Å². The highest BCUT2D eigenvalue weighted by atomic mass is 15.0. The molecule has 0 bridgehead atoms. The molecule has 0 aromatic heterocycles. The monoisotopic (exact) mass is 168 g/mol. The number of hydrogen-bond donors (Lipinski definition) is 1. The summed E-state index contributed by atoms with van der Waals surface area (Å²) in [6, 6.07) is 0.509. The summed E-state index contributed by atoms with van der Waals surface area (Å²) in [5.41, 5.74) is 0.325. The second kappa shape index (κ2) is 3.46. The van der Waals surface area contributed by atoms with Crippen molar-refractivity contribution < 1.29 is 0 Å². The molecule has 1 aliphatic rings. The minimum atomic E-state index is 0.325. The summed E-state index contributed by atoms with van der Waals surface area (Å²) >= 11 is 0. The molecule has 0 fully saturated rings. The van der Waals surface area contributed by atoms with Gasteiger partial charge in [-0.15, -0.1) is 0 Å². The van der Waals surface area contributed by atoms with E-state index in [4.69, 9.17) is 0 Å². The van der Waals surface area contributed by atoms with Crippen LogP contribution in [0, 0.1) is 5.41 Å². The molecule has 0 saturated carbocycles. The second-order valence-electron chi connectivity index (χ2n) is 4.66. The van der Waals surface area contributed by atoms with Crippen molar-refractivity contribution in [3.63, 3.8) is 0 Å². The Bertz CT molecular complexity index is 177. The maximum Gasteiger partial charge on any atom is 0.0965 e. The highest BCUT2D eigenvalue weighted by Gasteiger charge is 2.21. The lowest BCUT2D eigenvalue weighted by molar-refractivity contribution is 0.315. The fraction of sp³-hybridized carbons (Fsp3) is 0.900. The Hall–Kier alpha value is -0.530. The molecule has 1 rings (SSSR count). The molecule has 0 spiro atoms. The van der Waals surface area contributed by atoms with Crippen LogP contribution in [0.2, 0.25) is 0 Å². The van der Waals surface area contributed by atoms with Crippen LogP contribution >= 0.6 is 0 Å². The van der Waals surface area contributed by atoms with Gasteiger partial charge in [0.05, 0.1) is 5.84 Å². The van der Waals surface area contributed by atoms with Gasteiger partial charge >= 0.3 is 0 Å². The Morgan fingerprint density at radius 1 is 1.42 bits per heavy atom. The summed E-state index contributed by atoms with van der Waals surface area (Å²) in [7, 11) is 0. The van der Waals surface area contributed by atoms with Crippen molar-refractivity contribution in [3.8, 4) is 0 Å². The summed E-state index contributed by atoms with van der Waals surface area (Å²) in [5.74, 6) is 1.21. The summed E-state index contributed by atoms with van der Waals surface area (Å²) in [6.45, 7) is 9.99. The SMILES string of the molecule is CC(NC1=NCCC1)C(C)(C)C. The molecule has 12 heavy (non-hydrogen) atoms. The molecular weight excluding hydrogens is 148 g/mol. The van der Waals surface area contributed by atoms with E-state index < -0.39 is 0 Å². The summed E-state index contributed by atoms with van der Waals surface area (Å²) < 4.78 is 0. The molecule has 1 atom stereocenters. The highest BCUT2D eigenvalue weighted by molar-refractivity contribution is 5.83. The number of amidine groups is 1. The number of nitrogens with one attached hydrogen (secondary N) is 1. The highest BCUT2D eigenvalue weighted by Crippen LogP contribution is 2.19. The van der Waals surface area contributed by atoms with Crippen LogP contribution in [0.4, 0.5) is 0 Å². The minimum absolute atomic E-state index is 0.325. The molecule has 70 valence electrons. The third kappa shape index (κ3) is 2.50. The molecule has 0 saturated heterocycles. The van der Waals surface area contributed by atoms with Gasteiger partial charge < -0.3 is 5.32 Å². The van der Waals surface area contributed by atoms with Gasteiger partial charge in [0.1, 0.15) is 0 Å². The Morgan fingerprint density at radius 3 is 2.50 bits per heavy atom. The molecule has 0 aromatic carbocycles. The van der Waals surface area contributed by atoms with Crippen LogP contribution in [-0.4, -0.2) is 18.4 Å². The number of hydrogen-bond acceptors (Lipinski definition) is 2. The van der Waals surface area contributed by atoms with Crippen LogP contribution < -0.4 is 5.32 Å². The molecular formula is C10H20N2. The minimum Gasteiger partial charge on any atom is -0.371 e. The van der Waals surface area contributed by atoms with E-state index in [0.717, 1.165) is 13.0 Å². The first kappa shape index (κ1) is 9.56. The van der Waals surface area contributed by atoms with Gasteiger partial charge in [0.25, 0.3) is 0 Å². The fourth-order valence-electron chi connectivity index (χ4n) is 1.12. The Morgan fingerprint density at radius 2 is 2.08 bits per heavy atom. The molecule has 1 heterocycles. The quantitative estimate of drug-likeness (QED) is 0.637. The zero-order valence-electron chi connectivity index (χ0n) is 8.65. The van der Waals surface area contributed by atoms with Crippen molar-refractivity contribution in [2.45, 2.75) is 46.6 Å². The van der Waals surface area contributed by atoms with Crippen molar-refractivity contribution in [3.05, 3.63) is 0 Å². The molecule has 0 aromatic rings. The van der Waals surface area contributed by atoms with Crippen LogP contribution in [0.25, 0.3) is 0 Å². The topological polar surface area (TPSA) is 24.4 Å². The zero-order valence-corrected chi connectivity index (χ0v) is 8.65. The Labute approximate surface area is 75.5 Å². The number of rotatable bonds is 1. The van der Waals surface area contributed by atoms with Crippen LogP contribution in [0.3, 0.4) is 0 Å². The van der Waals surface area contributed by atoms with Crippen LogP contribution in [0.5, 0.6) is 0 Å². The molecule has 0 aliphatic carbocycles. The van der Waals surface area contributed by atoms with E-state index in [9.17, 15) is 0 Å². The summed E-state index contributed by atoms with van der Waals surface area (Å²) in [4.78, 5) is 4.39. The van der Waals surface area contributed by atoms with E-state index in [2.05, 4.69) is 38.0 Å². The van der Waals surface area contributed by atoms with Gasteiger partial charge in [0.2, 0.25) is 0 Å². The van der Waals surface area contributed by atoms with Gasteiger partial charge in [-0.1, -0.05) is 20.8 Å². The summed E-state index contributed by atoms with van der Waals surface area (Å²) in [6.07, 6.45) is 2.36. The average molecular weight is 168 g/mol. The lowest BCUT2D eigenvalue weighted by Gasteiger charge is -2.28. The first-order valence-electron chi connectivity index (χ1n) is 4.80. The van der Waals surface area contributed by atoms with Crippen molar-refractivity contribution in [1.29, 1.82) is 0 Å². The first-order valence-corrected chi connectivity index (χ1v) is 4.80. The maximum atomic E-state index is 4.39. The standard InChI is InChI=1S/C10H20N2/c1-8(10(2,3)4)12-9-6-5-7-11-9/h8H,5-7H2,1-4H3,(H,11,12). The van der Waals surface area contributed by atoms with Crippen molar-refractivity contribution in [2.75, 3.05) is 6.54 Å². The van der Waals surface area contributed by atoms with E-state index in [1.807, 2.05) is 0 Å². The molecule has 0 radical (unpaired) electrons. The van der Waals surface area contributed by atoms with E-state index in [1.165, 1.54) is 12.3 Å². The fourth-order valence-corrected chi connectivity index (χ4v) is 1.12. The molecule has 2 heteroatoms. The van der Waals surface area contributed by atoms with Gasteiger partial charge in [-0.2, -0.15) is 0 Å². The third-order valence-electron chi connectivity index (χ3n) is 2.56. The molecule has 2 nitrogen and oxygen atoms in total. The molecule has 0 amide bonds. The number of aliphatic imine (C=N–C) groups is 1. The first-order chi connectivity index (χ1) is 5.50. The summed E-state index contributed by atoms with van der Waals surface area (Å²) in [5, 5.41) is 3.47. The van der Waals surface area contributed by atoms with E-state index >= 15 is 0 Å². The Kier molecular flexibility index (Phi) is 2.76. The largest absolute Gasteiger partial charge is 0.371 e. The van der Waals surface area contributed by atoms with E-state index in [-0.39, 0.29) is 0 Å². The van der Waals surface area contributed by atoms with Crippen molar-refractivity contribution >= 4 is 5.84 Å². The van der Waals surface area contributed by atoms with Gasteiger partial charge in [0.15, 0.2) is 0 Å². The maximum absolute atomic E-state index is 4.39. The Balaban J connectivity index is 2.40. The second-order valence-corrected chi connectivity index (χ2v) is 4.66. The van der Waals surface area contributed by atoms with E-state index in [0.29, 0.717) is 11.5 Å². The average Bonchev–Trinajstić information content (AvgIpc) is 2.37. The van der Waals surface area contributed by atoms with Crippen LogP contribution in [0.15, 0.2) is 4.99 Å². The van der Waals surface area contributed by atoms with Gasteiger partial charge in [0, 0.05) is 19.0 Å². The van der Waals surface area contributed by atoms with Gasteiger partial charge in [-0.25, -0.2) is 0 Å². The van der Waals surface area contributed by atoms with Crippen LogP contribution in [-0.2, 0) is 0 Å². The zero-order chi connectivity index (χ0) is 9.19. The molecule has 1 aliphatic heterocycles. The van der Waals surface area contributed by atoms with Gasteiger partial charge in [-0.3, -0.25) is 4.99 Å².